The minimum absolute atomic E-state index is 0.209. The van der Waals surface area contributed by atoms with Gasteiger partial charge in [0.1, 0.15) is 11.4 Å². The molecule has 4 heteroatoms. The predicted molar refractivity (Wildman–Crippen MR) is 119 cm³/mol. The summed E-state index contributed by atoms with van der Waals surface area (Å²) in [6.45, 7) is 2.72. The van der Waals surface area contributed by atoms with Gasteiger partial charge in [-0.15, -0.1) is 0 Å². The SMILES string of the molecule is CN(CC1CCCCC1)C1CCC2(CC1)CN(C(=O)C1CC1)Cc1ccccc1O2. The van der Waals surface area contributed by atoms with E-state index in [0.29, 0.717) is 18.5 Å². The number of ether oxygens (including phenoxy) is 1. The zero-order chi connectivity index (χ0) is 20.6. The van der Waals surface area contributed by atoms with Gasteiger partial charge < -0.3 is 14.5 Å². The molecular weight excluding hydrogens is 372 g/mol. The lowest BCUT2D eigenvalue weighted by Gasteiger charge is -2.44. The van der Waals surface area contributed by atoms with E-state index in [4.69, 9.17) is 4.74 Å². The summed E-state index contributed by atoms with van der Waals surface area (Å²) in [4.78, 5) is 17.8. The fourth-order valence-corrected chi connectivity index (χ4v) is 6.11. The van der Waals surface area contributed by atoms with Gasteiger partial charge in [0.15, 0.2) is 0 Å². The Labute approximate surface area is 182 Å². The molecule has 1 heterocycles. The number of hydrogen-bond donors (Lipinski definition) is 0. The van der Waals surface area contributed by atoms with Gasteiger partial charge in [0, 0.05) is 30.6 Å². The molecule has 0 atom stereocenters. The first-order chi connectivity index (χ1) is 14.6. The molecule has 4 aliphatic rings. The maximum absolute atomic E-state index is 13.0. The smallest absolute Gasteiger partial charge is 0.226 e. The van der Waals surface area contributed by atoms with Crippen LogP contribution in [0.3, 0.4) is 0 Å². The maximum Gasteiger partial charge on any atom is 0.226 e. The Morgan fingerprint density at radius 3 is 2.53 bits per heavy atom. The molecule has 1 spiro atoms. The standard InChI is InChI=1S/C26H38N2O2/c1-27(17-20-7-3-2-4-8-20)23-13-15-26(16-14-23)19-28(25(29)21-11-12-21)18-22-9-5-6-10-24(22)30-26/h5-6,9-10,20-21,23H,2-4,7-8,11-19H2,1H3. The van der Waals surface area contributed by atoms with Crippen LogP contribution in [0.4, 0.5) is 0 Å². The lowest BCUT2D eigenvalue weighted by molar-refractivity contribution is -0.136. The third-order valence-electron chi connectivity index (χ3n) is 8.14. The fraction of sp³-hybridized carbons (Fsp3) is 0.731. The number of hydrogen-bond acceptors (Lipinski definition) is 3. The highest BCUT2D eigenvalue weighted by molar-refractivity contribution is 5.81. The molecule has 1 aliphatic heterocycles. The molecule has 164 valence electrons. The van der Waals surface area contributed by atoms with E-state index in [1.165, 1.54) is 57.1 Å². The molecule has 1 amide bonds. The van der Waals surface area contributed by atoms with Crippen molar-refractivity contribution in [3.63, 3.8) is 0 Å². The van der Waals surface area contributed by atoms with Crippen molar-refractivity contribution in [1.29, 1.82) is 0 Å². The number of amides is 1. The topological polar surface area (TPSA) is 32.8 Å². The quantitative estimate of drug-likeness (QED) is 0.699. The molecule has 0 unspecified atom stereocenters. The summed E-state index contributed by atoms with van der Waals surface area (Å²) in [5.41, 5.74) is 0.958. The second-order valence-corrected chi connectivity index (χ2v) is 10.5. The van der Waals surface area contributed by atoms with Crippen LogP contribution in [0.15, 0.2) is 24.3 Å². The Kier molecular flexibility index (Phi) is 5.79. The Hall–Kier alpha value is -1.55. The second kappa shape index (κ2) is 8.53. The third-order valence-corrected chi connectivity index (χ3v) is 8.14. The largest absolute Gasteiger partial charge is 0.485 e. The third kappa shape index (κ3) is 4.39. The molecule has 30 heavy (non-hydrogen) atoms. The molecule has 1 aromatic rings. The first kappa shape index (κ1) is 20.4. The number of para-hydroxylation sites is 1. The second-order valence-electron chi connectivity index (χ2n) is 10.5. The molecule has 5 rings (SSSR count). The van der Waals surface area contributed by atoms with E-state index in [0.717, 1.165) is 43.9 Å². The maximum atomic E-state index is 13.0. The number of rotatable bonds is 4. The molecule has 3 fully saturated rings. The van der Waals surface area contributed by atoms with Crippen LogP contribution in [0, 0.1) is 11.8 Å². The number of carbonyl (C=O) groups excluding carboxylic acids is 1. The molecule has 0 aromatic heterocycles. The van der Waals surface area contributed by atoms with Gasteiger partial charge in [0.2, 0.25) is 5.91 Å². The van der Waals surface area contributed by atoms with Gasteiger partial charge in [-0.1, -0.05) is 37.5 Å². The van der Waals surface area contributed by atoms with E-state index in [1.807, 2.05) is 0 Å². The summed E-state index contributed by atoms with van der Waals surface area (Å²) in [5.74, 6) is 2.52. The molecule has 3 aliphatic carbocycles. The molecular formula is C26H38N2O2. The summed E-state index contributed by atoms with van der Waals surface area (Å²) >= 11 is 0. The zero-order valence-electron chi connectivity index (χ0n) is 18.7. The van der Waals surface area contributed by atoms with Crippen molar-refractivity contribution in [2.45, 2.75) is 88.8 Å². The van der Waals surface area contributed by atoms with Gasteiger partial charge in [-0.05, 0) is 70.4 Å². The molecule has 1 aromatic carbocycles. The van der Waals surface area contributed by atoms with Crippen molar-refractivity contribution in [1.82, 2.24) is 9.80 Å². The fourth-order valence-electron chi connectivity index (χ4n) is 6.11. The number of benzene rings is 1. The van der Waals surface area contributed by atoms with E-state index in [2.05, 4.69) is 41.1 Å². The molecule has 0 bridgehead atoms. The zero-order valence-corrected chi connectivity index (χ0v) is 18.7. The van der Waals surface area contributed by atoms with Crippen LogP contribution in [-0.4, -0.2) is 47.5 Å². The monoisotopic (exact) mass is 410 g/mol. The average molecular weight is 411 g/mol. The summed E-state index contributed by atoms with van der Waals surface area (Å²) in [7, 11) is 2.34. The summed E-state index contributed by atoms with van der Waals surface area (Å²) < 4.78 is 6.73. The lowest BCUT2D eigenvalue weighted by Crippen LogP contribution is -2.52. The number of carbonyl (C=O) groups is 1. The van der Waals surface area contributed by atoms with Crippen molar-refractivity contribution in [3.8, 4) is 5.75 Å². The van der Waals surface area contributed by atoms with E-state index in [-0.39, 0.29) is 11.5 Å². The first-order valence-corrected chi connectivity index (χ1v) is 12.4. The minimum atomic E-state index is -0.209. The van der Waals surface area contributed by atoms with Crippen molar-refractivity contribution in [3.05, 3.63) is 29.8 Å². The van der Waals surface area contributed by atoms with Crippen molar-refractivity contribution in [2.24, 2.45) is 11.8 Å². The van der Waals surface area contributed by atoms with Crippen LogP contribution in [0.1, 0.15) is 76.2 Å². The summed E-state index contributed by atoms with van der Waals surface area (Å²) in [6.07, 6.45) is 13.7. The Morgan fingerprint density at radius 1 is 1.07 bits per heavy atom. The van der Waals surface area contributed by atoms with Gasteiger partial charge in [-0.25, -0.2) is 0 Å². The van der Waals surface area contributed by atoms with Crippen LogP contribution in [-0.2, 0) is 11.3 Å². The Bertz CT molecular complexity index is 745. The highest BCUT2D eigenvalue weighted by atomic mass is 16.5. The highest BCUT2D eigenvalue weighted by Crippen LogP contribution is 2.41. The van der Waals surface area contributed by atoms with E-state index >= 15 is 0 Å². The first-order valence-electron chi connectivity index (χ1n) is 12.4. The van der Waals surface area contributed by atoms with E-state index < -0.39 is 0 Å². The summed E-state index contributed by atoms with van der Waals surface area (Å²) in [5, 5.41) is 0. The molecule has 0 N–H and O–H groups in total. The van der Waals surface area contributed by atoms with Gasteiger partial charge >= 0.3 is 0 Å². The molecule has 0 saturated heterocycles. The van der Waals surface area contributed by atoms with Crippen molar-refractivity contribution in [2.75, 3.05) is 20.1 Å². The van der Waals surface area contributed by atoms with Crippen LogP contribution >= 0.6 is 0 Å². The number of fused-ring (bicyclic) bond motifs is 1. The van der Waals surface area contributed by atoms with Crippen LogP contribution in [0.2, 0.25) is 0 Å². The Morgan fingerprint density at radius 2 is 1.80 bits per heavy atom. The normalized spacial score (nSPS) is 30.1. The minimum Gasteiger partial charge on any atom is -0.485 e. The van der Waals surface area contributed by atoms with Crippen LogP contribution in [0.25, 0.3) is 0 Å². The lowest BCUT2D eigenvalue weighted by atomic mass is 9.80. The van der Waals surface area contributed by atoms with Crippen molar-refractivity contribution < 1.29 is 9.53 Å². The van der Waals surface area contributed by atoms with Gasteiger partial charge in [0.25, 0.3) is 0 Å². The van der Waals surface area contributed by atoms with E-state index in [9.17, 15) is 4.79 Å². The molecule has 4 nitrogen and oxygen atoms in total. The van der Waals surface area contributed by atoms with Gasteiger partial charge in [0.05, 0.1) is 6.54 Å². The number of nitrogens with zero attached hydrogens (tertiary/aromatic N) is 2. The molecule has 0 radical (unpaired) electrons. The molecule has 3 saturated carbocycles. The van der Waals surface area contributed by atoms with Crippen LogP contribution in [0.5, 0.6) is 5.75 Å². The average Bonchev–Trinajstić information content (AvgIpc) is 3.61. The Balaban J connectivity index is 1.27. The highest BCUT2D eigenvalue weighted by Gasteiger charge is 2.45. The van der Waals surface area contributed by atoms with Gasteiger partial charge in [-0.2, -0.15) is 0 Å². The van der Waals surface area contributed by atoms with E-state index in [1.54, 1.807) is 0 Å². The van der Waals surface area contributed by atoms with Gasteiger partial charge in [-0.3, -0.25) is 4.79 Å². The predicted octanol–water partition coefficient (Wildman–Crippen LogP) is 5.01. The summed E-state index contributed by atoms with van der Waals surface area (Å²) in [6, 6.07) is 9.02. The van der Waals surface area contributed by atoms with Crippen LogP contribution < -0.4 is 4.74 Å². The van der Waals surface area contributed by atoms with Crippen molar-refractivity contribution >= 4 is 5.91 Å².